The van der Waals surface area contributed by atoms with Crippen molar-refractivity contribution in [2.24, 2.45) is 0 Å². The Morgan fingerprint density at radius 1 is 1.17 bits per heavy atom. The zero-order valence-electron chi connectivity index (χ0n) is 16.8. The van der Waals surface area contributed by atoms with E-state index in [2.05, 4.69) is 10.1 Å². The van der Waals surface area contributed by atoms with Crippen molar-refractivity contribution in [3.63, 3.8) is 0 Å². The molecule has 0 radical (unpaired) electrons. The normalized spacial score (nSPS) is 16.4. The summed E-state index contributed by atoms with van der Waals surface area (Å²) in [7, 11) is 3.09. The third-order valence-corrected chi connectivity index (χ3v) is 5.24. The van der Waals surface area contributed by atoms with Gasteiger partial charge in [0.2, 0.25) is 11.7 Å². The minimum absolute atomic E-state index is 0.0614. The van der Waals surface area contributed by atoms with Crippen LogP contribution in [0.3, 0.4) is 0 Å². The molecule has 0 aliphatic carbocycles. The van der Waals surface area contributed by atoms with Gasteiger partial charge in [0.1, 0.15) is 17.3 Å². The van der Waals surface area contributed by atoms with E-state index in [1.165, 1.54) is 19.2 Å². The second-order valence-corrected chi connectivity index (χ2v) is 7.12. The molecule has 1 aliphatic heterocycles. The Labute approximate surface area is 173 Å². The molecule has 1 amide bonds. The van der Waals surface area contributed by atoms with Crippen LogP contribution in [0.2, 0.25) is 0 Å². The highest BCUT2D eigenvalue weighted by molar-refractivity contribution is 5.97. The number of methoxy groups -OCH3 is 2. The molecule has 0 unspecified atom stereocenters. The minimum atomic E-state index is -0.321. The number of piperidine rings is 1. The van der Waals surface area contributed by atoms with Crippen molar-refractivity contribution in [3.05, 3.63) is 59.7 Å². The summed E-state index contributed by atoms with van der Waals surface area (Å²) in [5.41, 5.74) is 1.16. The van der Waals surface area contributed by atoms with Gasteiger partial charge in [-0.05, 0) is 49.2 Å². The Bertz CT molecular complexity index is 1040. The van der Waals surface area contributed by atoms with Crippen LogP contribution < -0.4 is 9.47 Å². The lowest BCUT2D eigenvalue weighted by molar-refractivity contribution is 0.0692. The second kappa shape index (κ2) is 8.52. The number of carbonyl (C=O) groups is 1. The average molecular weight is 411 g/mol. The van der Waals surface area contributed by atoms with Gasteiger partial charge in [-0.3, -0.25) is 4.79 Å². The van der Waals surface area contributed by atoms with Crippen LogP contribution in [0.1, 0.15) is 35.0 Å². The first-order chi connectivity index (χ1) is 14.6. The van der Waals surface area contributed by atoms with E-state index >= 15 is 0 Å². The number of ether oxygens (including phenoxy) is 2. The number of benzene rings is 2. The third kappa shape index (κ3) is 3.98. The first-order valence-electron chi connectivity index (χ1n) is 9.70. The van der Waals surface area contributed by atoms with Crippen LogP contribution in [-0.4, -0.2) is 48.3 Å². The summed E-state index contributed by atoms with van der Waals surface area (Å²) >= 11 is 0. The summed E-state index contributed by atoms with van der Waals surface area (Å²) < 4.78 is 29.2. The number of hydrogen-bond acceptors (Lipinski definition) is 6. The van der Waals surface area contributed by atoms with Crippen molar-refractivity contribution < 1.29 is 23.2 Å². The monoisotopic (exact) mass is 411 g/mol. The van der Waals surface area contributed by atoms with Crippen LogP contribution in [0.4, 0.5) is 4.39 Å². The van der Waals surface area contributed by atoms with Crippen LogP contribution in [0, 0.1) is 5.82 Å². The predicted octanol–water partition coefficient (Wildman–Crippen LogP) is 3.91. The van der Waals surface area contributed by atoms with Gasteiger partial charge in [-0.1, -0.05) is 5.16 Å². The molecular formula is C22H22FN3O4. The van der Waals surface area contributed by atoms with Crippen LogP contribution >= 0.6 is 0 Å². The molecule has 1 atom stereocenters. The van der Waals surface area contributed by atoms with Crippen molar-refractivity contribution in [1.82, 2.24) is 15.0 Å². The first-order valence-corrected chi connectivity index (χ1v) is 9.70. The molecule has 4 rings (SSSR count). The van der Waals surface area contributed by atoms with Crippen LogP contribution in [0.15, 0.2) is 47.0 Å². The molecule has 0 saturated carbocycles. The topological polar surface area (TPSA) is 77.7 Å². The van der Waals surface area contributed by atoms with Crippen LogP contribution in [0.25, 0.3) is 11.4 Å². The van der Waals surface area contributed by atoms with E-state index in [9.17, 15) is 9.18 Å². The molecule has 1 fully saturated rings. The number of rotatable bonds is 5. The van der Waals surface area contributed by atoms with Gasteiger partial charge in [0.15, 0.2) is 0 Å². The molecule has 0 N–H and O–H groups in total. The van der Waals surface area contributed by atoms with Crippen molar-refractivity contribution in [1.29, 1.82) is 0 Å². The summed E-state index contributed by atoms with van der Waals surface area (Å²) in [4.78, 5) is 19.4. The summed E-state index contributed by atoms with van der Waals surface area (Å²) in [6.07, 6.45) is 1.66. The highest BCUT2D eigenvalue weighted by atomic mass is 19.1. The molecule has 8 heteroatoms. The van der Waals surface area contributed by atoms with Gasteiger partial charge in [0.05, 0.1) is 25.7 Å². The Balaban J connectivity index is 1.51. The Morgan fingerprint density at radius 2 is 1.97 bits per heavy atom. The molecule has 1 aromatic heterocycles. The molecule has 1 saturated heterocycles. The highest BCUT2D eigenvalue weighted by Crippen LogP contribution is 2.31. The van der Waals surface area contributed by atoms with Gasteiger partial charge in [0, 0.05) is 24.7 Å². The Morgan fingerprint density at radius 3 is 2.70 bits per heavy atom. The number of nitrogens with zero attached hydrogens (tertiary/aromatic N) is 3. The molecule has 156 valence electrons. The summed E-state index contributed by atoms with van der Waals surface area (Å²) in [6, 6.07) is 11.1. The molecule has 30 heavy (non-hydrogen) atoms. The molecule has 0 spiro atoms. The lowest BCUT2D eigenvalue weighted by atomic mass is 9.97. The van der Waals surface area contributed by atoms with Crippen molar-refractivity contribution in [3.8, 4) is 22.9 Å². The first kappa shape index (κ1) is 19.9. The van der Waals surface area contributed by atoms with E-state index in [1.807, 2.05) is 0 Å². The van der Waals surface area contributed by atoms with E-state index in [0.29, 0.717) is 47.4 Å². The standard InChI is InChI=1S/C22H22FN3O4/c1-28-17-9-10-18(19(12-17)29-2)22(27)26-11-3-4-15(13-26)21-24-20(25-30-21)14-5-7-16(23)8-6-14/h5-10,12,15H,3-4,11,13H2,1-2H3/t15-/m1/s1. The highest BCUT2D eigenvalue weighted by Gasteiger charge is 2.30. The number of hydrogen-bond donors (Lipinski definition) is 0. The lowest BCUT2D eigenvalue weighted by Crippen LogP contribution is -2.39. The summed E-state index contributed by atoms with van der Waals surface area (Å²) in [6.45, 7) is 1.11. The van der Waals surface area contributed by atoms with E-state index in [-0.39, 0.29) is 17.6 Å². The Kier molecular flexibility index (Phi) is 5.65. The van der Waals surface area contributed by atoms with Gasteiger partial charge in [-0.2, -0.15) is 4.98 Å². The maximum atomic E-state index is 13.1. The maximum Gasteiger partial charge on any atom is 0.257 e. The molecule has 7 nitrogen and oxygen atoms in total. The Hall–Kier alpha value is -3.42. The largest absolute Gasteiger partial charge is 0.497 e. The van der Waals surface area contributed by atoms with Gasteiger partial charge in [0.25, 0.3) is 5.91 Å². The average Bonchev–Trinajstić information content (AvgIpc) is 3.29. The fourth-order valence-corrected chi connectivity index (χ4v) is 3.63. The molecule has 2 heterocycles. The van der Waals surface area contributed by atoms with Crippen molar-refractivity contribution in [2.45, 2.75) is 18.8 Å². The van der Waals surface area contributed by atoms with E-state index in [1.54, 1.807) is 42.3 Å². The predicted molar refractivity (Wildman–Crippen MR) is 107 cm³/mol. The van der Waals surface area contributed by atoms with E-state index < -0.39 is 0 Å². The number of aromatic nitrogens is 2. The number of halogens is 1. The van der Waals surface area contributed by atoms with Gasteiger partial charge < -0.3 is 18.9 Å². The molecule has 0 bridgehead atoms. The van der Waals surface area contributed by atoms with Gasteiger partial charge in [-0.25, -0.2) is 4.39 Å². The SMILES string of the molecule is COc1ccc(C(=O)N2CCC[C@@H](c3nc(-c4ccc(F)cc4)no3)C2)c(OC)c1. The lowest BCUT2D eigenvalue weighted by Gasteiger charge is -2.31. The zero-order chi connectivity index (χ0) is 21.1. The number of carbonyl (C=O) groups excluding carboxylic acids is 1. The van der Waals surface area contributed by atoms with Crippen molar-refractivity contribution in [2.75, 3.05) is 27.3 Å². The number of likely N-dealkylation sites (tertiary alicyclic amines) is 1. The van der Waals surface area contributed by atoms with Crippen LogP contribution in [-0.2, 0) is 0 Å². The number of amides is 1. The van der Waals surface area contributed by atoms with Crippen molar-refractivity contribution >= 4 is 5.91 Å². The fraction of sp³-hybridized carbons (Fsp3) is 0.318. The molecular weight excluding hydrogens is 389 g/mol. The quantitative estimate of drug-likeness (QED) is 0.633. The third-order valence-electron chi connectivity index (χ3n) is 5.24. The van der Waals surface area contributed by atoms with Gasteiger partial charge >= 0.3 is 0 Å². The zero-order valence-corrected chi connectivity index (χ0v) is 16.8. The molecule has 1 aliphatic rings. The second-order valence-electron chi connectivity index (χ2n) is 7.12. The summed E-state index contributed by atoms with van der Waals surface area (Å²) in [5, 5.41) is 4.02. The summed E-state index contributed by atoms with van der Waals surface area (Å²) in [5.74, 6) is 1.49. The minimum Gasteiger partial charge on any atom is -0.497 e. The maximum absolute atomic E-state index is 13.1. The van der Waals surface area contributed by atoms with Crippen LogP contribution in [0.5, 0.6) is 11.5 Å². The molecule has 2 aromatic carbocycles. The smallest absolute Gasteiger partial charge is 0.257 e. The van der Waals surface area contributed by atoms with Gasteiger partial charge in [-0.15, -0.1) is 0 Å². The van der Waals surface area contributed by atoms with E-state index in [0.717, 1.165) is 12.8 Å². The fourth-order valence-electron chi connectivity index (χ4n) is 3.63. The van der Waals surface area contributed by atoms with E-state index in [4.69, 9.17) is 14.0 Å². The molecule has 3 aromatic rings.